The molecule has 0 saturated carbocycles. The van der Waals surface area contributed by atoms with E-state index >= 15 is 0 Å². The molecule has 0 saturated heterocycles. The number of hydrogen-bond acceptors (Lipinski definition) is 3. The Balaban J connectivity index is 2.17. The number of methoxy groups -OCH3 is 1. The van der Waals surface area contributed by atoms with Crippen molar-refractivity contribution in [2.24, 2.45) is 0 Å². The van der Waals surface area contributed by atoms with Crippen LogP contribution in [0.2, 0.25) is 0 Å². The van der Waals surface area contributed by atoms with Crippen molar-refractivity contribution in [3.8, 4) is 11.8 Å². The van der Waals surface area contributed by atoms with Gasteiger partial charge < -0.3 is 4.74 Å². The van der Waals surface area contributed by atoms with Crippen LogP contribution in [0.1, 0.15) is 11.1 Å². The van der Waals surface area contributed by atoms with E-state index in [1.54, 1.807) is 13.2 Å². The summed E-state index contributed by atoms with van der Waals surface area (Å²) in [4.78, 5) is 0.951. The number of nitrogens with zero attached hydrogens (tertiary/aromatic N) is 1. The average molecular weight is 273 g/mol. The molecule has 0 unspecified atom stereocenters. The summed E-state index contributed by atoms with van der Waals surface area (Å²) in [6.07, 6.45) is 0. The van der Waals surface area contributed by atoms with Gasteiger partial charge in [-0.1, -0.05) is 12.1 Å². The average Bonchev–Trinajstić information content (AvgIpc) is 2.46. The Morgan fingerprint density at radius 2 is 2.05 bits per heavy atom. The Bertz CT molecular complexity index is 622. The minimum absolute atomic E-state index is 0.290. The molecule has 0 aliphatic rings. The molecule has 19 heavy (non-hydrogen) atoms. The molecule has 0 bridgehead atoms. The number of hydrogen-bond donors (Lipinski definition) is 0. The maximum absolute atomic E-state index is 13.6. The second kappa shape index (κ2) is 6.26. The number of nitriles is 1. The molecule has 0 amide bonds. The summed E-state index contributed by atoms with van der Waals surface area (Å²) in [6, 6.07) is 14.0. The van der Waals surface area contributed by atoms with Crippen molar-refractivity contribution in [2.75, 3.05) is 7.11 Å². The number of thioether (sulfide) groups is 1. The van der Waals surface area contributed by atoms with Gasteiger partial charge in [0.05, 0.1) is 18.7 Å². The van der Waals surface area contributed by atoms with Gasteiger partial charge in [0, 0.05) is 10.6 Å². The highest BCUT2D eigenvalue weighted by Gasteiger charge is 2.07. The van der Waals surface area contributed by atoms with E-state index in [-0.39, 0.29) is 5.82 Å². The zero-order valence-corrected chi connectivity index (χ0v) is 11.2. The van der Waals surface area contributed by atoms with Gasteiger partial charge in [-0.3, -0.25) is 0 Å². The van der Waals surface area contributed by atoms with Crippen LogP contribution in [0, 0.1) is 17.1 Å². The monoisotopic (exact) mass is 273 g/mol. The molecule has 0 atom stereocenters. The van der Waals surface area contributed by atoms with Crippen LogP contribution >= 0.6 is 11.8 Å². The van der Waals surface area contributed by atoms with Crippen LogP contribution in [0.15, 0.2) is 47.4 Å². The number of ether oxygens (including phenoxy) is 1. The summed E-state index contributed by atoms with van der Waals surface area (Å²) < 4.78 is 18.9. The first kappa shape index (κ1) is 13.4. The lowest BCUT2D eigenvalue weighted by molar-refractivity contribution is 0.405. The van der Waals surface area contributed by atoms with Crippen LogP contribution in [0.3, 0.4) is 0 Å². The number of halogens is 1. The highest BCUT2D eigenvalue weighted by molar-refractivity contribution is 7.98. The highest BCUT2D eigenvalue weighted by atomic mass is 32.2. The number of para-hydroxylation sites is 1. The fourth-order valence-corrected chi connectivity index (χ4v) is 2.65. The molecule has 0 aliphatic carbocycles. The Hall–Kier alpha value is -1.99. The van der Waals surface area contributed by atoms with Crippen molar-refractivity contribution < 1.29 is 9.13 Å². The van der Waals surface area contributed by atoms with Gasteiger partial charge in [0.2, 0.25) is 0 Å². The predicted octanol–water partition coefficient (Wildman–Crippen LogP) is 4.00. The number of rotatable bonds is 4. The Kier molecular flexibility index (Phi) is 4.43. The van der Waals surface area contributed by atoms with Crippen LogP contribution in [-0.2, 0) is 5.75 Å². The Morgan fingerprint density at radius 1 is 1.26 bits per heavy atom. The van der Waals surface area contributed by atoms with Gasteiger partial charge >= 0.3 is 0 Å². The normalized spacial score (nSPS) is 9.95. The molecular formula is C15H12FNOS. The third-order valence-corrected chi connectivity index (χ3v) is 3.73. The van der Waals surface area contributed by atoms with Gasteiger partial charge in [0.25, 0.3) is 0 Å². The van der Waals surface area contributed by atoms with Crippen molar-refractivity contribution in [1.82, 2.24) is 0 Å². The topological polar surface area (TPSA) is 33.0 Å². The number of benzene rings is 2. The summed E-state index contributed by atoms with van der Waals surface area (Å²) in [6.45, 7) is 0. The zero-order chi connectivity index (χ0) is 13.7. The lowest BCUT2D eigenvalue weighted by Gasteiger charge is -2.08. The molecule has 0 radical (unpaired) electrons. The van der Waals surface area contributed by atoms with Gasteiger partial charge in [-0.05, 0) is 35.9 Å². The van der Waals surface area contributed by atoms with E-state index in [0.29, 0.717) is 16.9 Å². The summed E-state index contributed by atoms with van der Waals surface area (Å²) in [5.74, 6) is 0.938. The third kappa shape index (κ3) is 3.27. The molecular weight excluding hydrogens is 261 g/mol. The van der Waals surface area contributed by atoms with E-state index in [1.165, 1.54) is 23.9 Å². The van der Waals surface area contributed by atoms with Gasteiger partial charge in [-0.2, -0.15) is 5.26 Å². The maximum Gasteiger partial charge on any atom is 0.132 e. The van der Waals surface area contributed by atoms with E-state index in [2.05, 4.69) is 0 Å². The SMILES string of the molecule is COc1ccccc1SCc1cc(C#N)ccc1F. The standard InChI is InChI=1S/C15H12FNOS/c1-18-14-4-2-3-5-15(14)19-10-12-8-11(9-17)6-7-13(12)16/h2-8H,10H2,1H3. The van der Waals surface area contributed by atoms with E-state index in [9.17, 15) is 4.39 Å². The molecule has 96 valence electrons. The molecule has 0 aliphatic heterocycles. The summed E-state index contributed by atoms with van der Waals surface area (Å²) in [7, 11) is 1.61. The van der Waals surface area contributed by atoms with E-state index < -0.39 is 0 Å². The molecule has 2 nitrogen and oxygen atoms in total. The van der Waals surface area contributed by atoms with Crippen molar-refractivity contribution in [3.05, 3.63) is 59.4 Å². The summed E-state index contributed by atoms with van der Waals surface area (Å²) >= 11 is 1.48. The van der Waals surface area contributed by atoms with Crippen LogP contribution in [0.25, 0.3) is 0 Å². The largest absolute Gasteiger partial charge is 0.496 e. The molecule has 4 heteroatoms. The predicted molar refractivity (Wildman–Crippen MR) is 73.7 cm³/mol. The summed E-state index contributed by atoms with van der Waals surface area (Å²) in [5, 5.41) is 8.82. The molecule has 0 fully saturated rings. The van der Waals surface area contributed by atoms with Crippen molar-refractivity contribution in [3.63, 3.8) is 0 Å². The van der Waals surface area contributed by atoms with E-state index in [0.717, 1.165) is 10.6 Å². The molecule has 0 spiro atoms. The second-order valence-electron chi connectivity index (χ2n) is 3.86. The lowest BCUT2D eigenvalue weighted by atomic mass is 10.1. The molecule has 2 aromatic carbocycles. The van der Waals surface area contributed by atoms with Crippen LogP contribution in [0.4, 0.5) is 4.39 Å². The Labute approximate surface area is 115 Å². The lowest BCUT2D eigenvalue weighted by Crippen LogP contribution is -1.90. The van der Waals surface area contributed by atoms with Crippen molar-refractivity contribution >= 4 is 11.8 Å². The van der Waals surface area contributed by atoms with Gasteiger partial charge in [-0.25, -0.2) is 4.39 Å². The minimum Gasteiger partial charge on any atom is -0.496 e. The van der Waals surface area contributed by atoms with E-state index in [1.807, 2.05) is 30.3 Å². The minimum atomic E-state index is -0.290. The van der Waals surface area contributed by atoms with Gasteiger partial charge in [0.15, 0.2) is 0 Å². The van der Waals surface area contributed by atoms with Crippen LogP contribution in [0.5, 0.6) is 5.75 Å². The molecule has 0 N–H and O–H groups in total. The molecule has 0 heterocycles. The first-order valence-electron chi connectivity index (χ1n) is 5.69. The highest BCUT2D eigenvalue weighted by Crippen LogP contribution is 2.31. The van der Waals surface area contributed by atoms with Gasteiger partial charge in [0.1, 0.15) is 11.6 Å². The Morgan fingerprint density at radius 3 is 2.79 bits per heavy atom. The van der Waals surface area contributed by atoms with Gasteiger partial charge in [-0.15, -0.1) is 11.8 Å². The quantitative estimate of drug-likeness (QED) is 0.789. The van der Waals surface area contributed by atoms with Crippen molar-refractivity contribution in [1.29, 1.82) is 5.26 Å². The second-order valence-corrected chi connectivity index (χ2v) is 4.87. The summed E-state index contributed by atoms with van der Waals surface area (Å²) in [5.41, 5.74) is 0.993. The third-order valence-electron chi connectivity index (χ3n) is 2.63. The maximum atomic E-state index is 13.6. The molecule has 2 aromatic rings. The van der Waals surface area contributed by atoms with Crippen LogP contribution < -0.4 is 4.74 Å². The fourth-order valence-electron chi connectivity index (χ4n) is 1.65. The molecule has 0 aromatic heterocycles. The zero-order valence-electron chi connectivity index (χ0n) is 10.4. The first-order chi connectivity index (χ1) is 9.24. The van der Waals surface area contributed by atoms with E-state index in [4.69, 9.17) is 10.00 Å². The van der Waals surface area contributed by atoms with Crippen molar-refractivity contribution in [2.45, 2.75) is 10.6 Å². The molecule has 2 rings (SSSR count). The smallest absolute Gasteiger partial charge is 0.132 e. The first-order valence-corrected chi connectivity index (χ1v) is 6.67. The fraction of sp³-hybridized carbons (Fsp3) is 0.133. The van der Waals surface area contributed by atoms with Crippen LogP contribution in [-0.4, -0.2) is 7.11 Å².